The average Bonchev–Trinajstić information content (AvgIpc) is 2.68. The molecule has 0 radical (unpaired) electrons. The Balaban J connectivity index is 2.03. The lowest BCUT2D eigenvalue weighted by Crippen LogP contribution is -2.19. The van der Waals surface area contributed by atoms with Crippen molar-refractivity contribution in [2.24, 2.45) is 0 Å². The molecule has 0 saturated carbocycles. The number of aryl methyl sites for hydroxylation is 2. The zero-order valence-electron chi connectivity index (χ0n) is 10.3. The summed E-state index contributed by atoms with van der Waals surface area (Å²) in [5, 5.41) is 16.3. The number of anilines is 1. The van der Waals surface area contributed by atoms with E-state index in [0.717, 1.165) is 11.1 Å². The number of benzene rings is 1. The maximum absolute atomic E-state index is 11.7. The number of hydrogen-bond donors (Lipinski definition) is 2. The molecule has 1 aromatic carbocycles. The number of carbonyl (C=O) groups is 1. The quantitative estimate of drug-likeness (QED) is 0.811. The maximum atomic E-state index is 11.7. The molecule has 94 valence electrons. The van der Waals surface area contributed by atoms with E-state index in [-0.39, 0.29) is 18.2 Å². The zero-order chi connectivity index (χ0) is 13.1. The number of rotatable bonds is 3. The molecule has 1 amide bonds. The molecule has 0 unspecified atom stereocenters. The lowest BCUT2D eigenvalue weighted by atomic mass is 10.2. The normalized spacial score (nSPS) is 10.3. The van der Waals surface area contributed by atoms with Gasteiger partial charge in [0.15, 0.2) is 0 Å². The molecule has 2 aromatic rings. The molecular formula is C13H15N3O2. The smallest absolute Gasteiger partial charge is 0.246 e. The molecule has 2 N–H and O–H groups in total. The highest BCUT2D eigenvalue weighted by atomic mass is 16.3. The summed E-state index contributed by atoms with van der Waals surface area (Å²) in [6, 6.07) is 5.11. The molecule has 1 aromatic heterocycles. The van der Waals surface area contributed by atoms with E-state index in [1.165, 1.54) is 0 Å². The van der Waals surface area contributed by atoms with Crippen LogP contribution < -0.4 is 5.32 Å². The first kappa shape index (κ1) is 12.2. The summed E-state index contributed by atoms with van der Waals surface area (Å²) in [5.41, 5.74) is 2.35. The van der Waals surface area contributed by atoms with E-state index in [2.05, 4.69) is 10.4 Å². The number of carbonyl (C=O) groups excluding carboxylic acids is 1. The minimum absolute atomic E-state index is 0.0694. The minimum atomic E-state index is -0.225. The van der Waals surface area contributed by atoms with Crippen LogP contribution in [0.4, 0.5) is 5.69 Å². The second-order valence-electron chi connectivity index (χ2n) is 4.28. The second kappa shape index (κ2) is 4.91. The number of nitrogens with zero attached hydrogens (tertiary/aromatic N) is 2. The average molecular weight is 245 g/mol. The Hall–Kier alpha value is -2.30. The molecule has 0 bridgehead atoms. The van der Waals surface area contributed by atoms with Crippen molar-refractivity contribution in [2.75, 3.05) is 5.32 Å². The van der Waals surface area contributed by atoms with Gasteiger partial charge in [0.1, 0.15) is 12.3 Å². The Morgan fingerprint density at radius 2 is 2.17 bits per heavy atom. The molecule has 1 heterocycles. The van der Waals surface area contributed by atoms with Gasteiger partial charge in [-0.25, -0.2) is 0 Å². The summed E-state index contributed by atoms with van der Waals surface area (Å²) < 4.78 is 1.55. The van der Waals surface area contributed by atoms with Crippen molar-refractivity contribution in [1.82, 2.24) is 9.78 Å². The predicted octanol–water partition coefficient (Wildman–Crippen LogP) is 1.84. The van der Waals surface area contributed by atoms with E-state index in [9.17, 15) is 9.90 Å². The van der Waals surface area contributed by atoms with Crippen LogP contribution in [0.2, 0.25) is 0 Å². The van der Waals surface area contributed by atoms with Crippen LogP contribution >= 0.6 is 0 Å². The van der Waals surface area contributed by atoms with Crippen LogP contribution in [0, 0.1) is 13.8 Å². The van der Waals surface area contributed by atoms with E-state index < -0.39 is 0 Å². The third-order valence-corrected chi connectivity index (χ3v) is 2.50. The molecule has 0 spiro atoms. The number of phenolic OH excluding ortho intramolecular Hbond substituents is 1. The topological polar surface area (TPSA) is 67.2 Å². The second-order valence-corrected chi connectivity index (χ2v) is 4.28. The Morgan fingerprint density at radius 3 is 2.78 bits per heavy atom. The van der Waals surface area contributed by atoms with E-state index in [0.29, 0.717) is 5.69 Å². The molecule has 0 fully saturated rings. The van der Waals surface area contributed by atoms with Gasteiger partial charge in [0.05, 0.1) is 11.9 Å². The molecule has 0 aliphatic heterocycles. The first-order valence-electron chi connectivity index (χ1n) is 5.63. The molecule has 5 heteroatoms. The van der Waals surface area contributed by atoms with Gasteiger partial charge in [0.25, 0.3) is 0 Å². The number of aromatic hydroxyl groups is 1. The fourth-order valence-corrected chi connectivity index (χ4v) is 1.64. The molecule has 2 rings (SSSR count). The highest BCUT2D eigenvalue weighted by Crippen LogP contribution is 2.23. The summed E-state index contributed by atoms with van der Waals surface area (Å²) in [6.07, 6.45) is 3.48. The van der Waals surface area contributed by atoms with Crippen molar-refractivity contribution in [2.45, 2.75) is 20.4 Å². The molecule has 0 atom stereocenters. The van der Waals surface area contributed by atoms with Crippen molar-refractivity contribution < 1.29 is 9.90 Å². The van der Waals surface area contributed by atoms with Crippen molar-refractivity contribution >= 4 is 11.6 Å². The molecule has 18 heavy (non-hydrogen) atoms. The van der Waals surface area contributed by atoms with Gasteiger partial charge in [0, 0.05) is 6.20 Å². The van der Waals surface area contributed by atoms with Crippen LogP contribution in [-0.4, -0.2) is 20.8 Å². The van der Waals surface area contributed by atoms with Gasteiger partial charge in [-0.15, -0.1) is 0 Å². The fourth-order valence-electron chi connectivity index (χ4n) is 1.64. The van der Waals surface area contributed by atoms with Crippen LogP contribution in [0.5, 0.6) is 5.75 Å². The molecule has 0 saturated heterocycles. The minimum Gasteiger partial charge on any atom is -0.506 e. The van der Waals surface area contributed by atoms with Crippen molar-refractivity contribution in [3.63, 3.8) is 0 Å². The maximum Gasteiger partial charge on any atom is 0.246 e. The van der Waals surface area contributed by atoms with Crippen LogP contribution in [0.25, 0.3) is 0 Å². The fraction of sp³-hybridized carbons (Fsp3) is 0.231. The van der Waals surface area contributed by atoms with Crippen LogP contribution in [0.3, 0.4) is 0 Å². The van der Waals surface area contributed by atoms with Gasteiger partial charge < -0.3 is 10.4 Å². The van der Waals surface area contributed by atoms with Gasteiger partial charge >= 0.3 is 0 Å². The predicted molar refractivity (Wildman–Crippen MR) is 68.4 cm³/mol. The van der Waals surface area contributed by atoms with Crippen LogP contribution in [0.15, 0.2) is 30.6 Å². The van der Waals surface area contributed by atoms with Gasteiger partial charge in [-0.2, -0.15) is 5.10 Å². The van der Waals surface area contributed by atoms with Crippen molar-refractivity contribution in [3.05, 3.63) is 41.7 Å². The van der Waals surface area contributed by atoms with Gasteiger partial charge in [-0.3, -0.25) is 9.48 Å². The van der Waals surface area contributed by atoms with Crippen molar-refractivity contribution in [1.29, 1.82) is 0 Å². The van der Waals surface area contributed by atoms with Gasteiger partial charge in [0.2, 0.25) is 5.91 Å². The summed E-state index contributed by atoms with van der Waals surface area (Å²) in [7, 11) is 0. The van der Waals surface area contributed by atoms with E-state index in [1.807, 2.05) is 19.9 Å². The van der Waals surface area contributed by atoms with Gasteiger partial charge in [-0.05, 0) is 37.1 Å². The standard InChI is InChI=1S/C13H15N3O2/c1-9-3-4-11(12(17)5-9)15-13(18)8-16-7-10(2)6-14-16/h3-7,17H,8H2,1-2H3,(H,15,18). The first-order valence-corrected chi connectivity index (χ1v) is 5.63. The lowest BCUT2D eigenvalue weighted by molar-refractivity contribution is -0.116. The number of phenols is 1. The molecule has 5 nitrogen and oxygen atoms in total. The largest absolute Gasteiger partial charge is 0.506 e. The van der Waals surface area contributed by atoms with Crippen LogP contribution in [0.1, 0.15) is 11.1 Å². The Bertz CT molecular complexity index is 575. The zero-order valence-corrected chi connectivity index (χ0v) is 10.3. The van der Waals surface area contributed by atoms with Gasteiger partial charge in [-0.1, -0.05) is 6.07 Å². The Labute approximate surface area is 105 Å². The van der Waals surface area contributed by atoms with Crippen LogP contribution in [-0.2, 0) is 11.3 Å². The van der Waals surface area contributed by atoms with E-state index in [4.69, 9.17) is 0 Å². The number of nitrogens with one attached hydrogen (secondary N) is 1. The monoisotopic (exact) mass is 245 g/mol. The number of amides is 1. The number of aromatic nitrogens is 2. The summed E-state index contributed by atoms with van der Waals surface area (Å²) in [4.78, 5) is 11.7. The molecule has 0 aliphatic carbocycles. The summed E-state index contributed by atoms with van der Waals surface area (Å²) in [6.45, 7) is 3.91. The van der Waals surface area contributed by atoms with Crippen molar-refractivity contribution in [3.8, 4) is 5.75 Å². The lowest BCUT2D eigenvalue weighted by Gasteiger charge is -2.07. The highest BCUT2D eigenvalue weighted by molar-refractivity contribution is 5.92. The molecule has 0 aliphatic rings. The third-order valence-electron chi connectivity index (χ3n) is 2.50. The number of hydrogen-bond acceptors (Lipinski definition) is 3. The first-order chi connectivity index (χ1) is 8.54. The highest BCUT2D eigenvalue weighted by Gasteiger charge is 2.07. The van der Waals surface area contributed by atoms with E-state index in [1.54, 1.807) is 29.2 Å². The van der Waals surface area contributed by atoms with E-state index >= 15 is 0 Å². The Kier molecular flexibility index (Phi) is 3.32. The summed E-state index contributed by atoms with van der Waals surface area (Å²) in [5.74, 6) is -0.155. The Morgan fingerprint density at radius 1 is 1.39 bits per heavy atom. The molecular weight excluding hydrogens is 230 g/mol. The SMILES string of the molecule is Cc1ccc(NC(=O)Cn2cc(C)cn2)c(O)c1. The third kappa shape index (κ3) is 2.88. The summed E-state index contributed by atoms with van der Waals surface area (Å²) >= 11 is 0.